The molecule has 0 saturated heterocycles. The number of benzene rings is 2. The summed E-state index contributed by atoms with van der Waals surface area (Å²) in [5.74, 6) is -0.338. The van der Waals surface area contributed by atoms with E-state index in [-0.39, 0.29) is 11.3 Å². The van der Waals surface area contributed by atoms with Crippen LogP contribution in [0.15, 0.2) is 46.9 Å². The van der Waals surface area contributed by atoms with Gasteiger partial charge < -0.3 is 4.74 Å². The second-order valence-corrected chi connectivity index (χ2v) is 4.60. The minimum Gasteiger partial charge on any atom is -0.497 e. The van der Waals surface area contributed by atoms with Crippen molar-refractivity contribution in [3.63, 3.8) is 0 Å². The lowest BCUT2D eigenvalue weighted by Gasteiger charge is -2.05. The lowest BCUT2D eigenvalue weighted by atomic mass is 10.0. The number of ketones is 1. The molecule has 0 aliphatic rings. The average molecular weight is 309 g/mol. The van der Waals surface area contributed by atoms with Gasteiger partial charge in [-0.25, -0.2) is 4.39 Å². The van der Waals surface area contributed by atoms with Gasteiger partial charge in [-0.3, -0.25) is 4.79 Å². The Labute approximate surface area is 113 Å². The molecule has 0 spiro atoms. The van der Waals surface area contributed by atoms with Crippen LogP contribution < -0.4 is 4.74 Å². The molecule has 0 saturated carbocycles. The van der Waals surface area contributed by atoms with Gasteiger partial charge in [-0.15, -0.1) is 0 Å². The van der Waals surface area contributed by atoms with Crippen LogP contribution in [0.25, 0.3) is 0 Å². The maximum absolute atomic E-state index is 13.6. The summed E-state index contributed by atoms with van der Waals surface area (Å²) in [6.45, 7) is 0. The van der Waals surface area contributed by atoms with Crippen molar-refractivity contribution in [2.45, 2.75) is 0 Å². The molecule has 2 aromatic rings. The van der Waals surface area contributed by atoms with E-state index in [0.29, 0.717) is 15.8 Å². The molecule has 0 amide bonds. The Morgan fingerprint density at radius 1 is 1.22 bits per heavy atom. The smallest absolute Gasteiger partial charge is 0.196 e. The Bertz CT molecular complexity index is 596. The highest BCUT2D eigenvalue weighted by Crippen LogP contribution is 2.21. The van der Waals surface area contributed by atoms with Crippen LogP contribution in [0.3, 0.4) is 0 Å². The normalized spacial score (nSPS) is 10.2. The highest BCUT2D eigenvalue weighted by atomic mass is 79.9. The van der Waals surface area contributed by atoms with Gasteiger partial charge in [0, 0.05) is 10.0 Å². The molecule has 4 heteroatoms. The van der Waals surface area contributed by atoms with Gasteiger partial charge in [-0.1, -0.05) is 28.1 Å². The topological polar surface area (TPSA) is 26.3 Å². The number of carbonyl (C=O) groups excluding carboxylic acids is 1. The summed E-state index contributed by atoms with van der Waals surface area (Å²) < 4.78 is 19.3. The van der Waals surface area contributed by atoms with Crippen molar-refractivity contribution >= 4 is 21.7 Å². The van der Waals surface area contributed by atoms with Crippen LogP contribution >= 0.6 is 15.9 Å². The molecule has 92 valence electrons. The fraction of sp³-hybridized carbons (Fsp3) is 0.0714. The molecule has 0 atom stereocenters. The molecular weight excluding hydrogens is 299 g/mol. The highest BCUT2D eigenvalue weighted by molar-refractivity contribution is 9.10. The van der Waals surface area contributed by atoms with Crippen molar-refractivity contribution in [2.24, 2.45) is 0 Å². The summed E-state index contributed by atoms with van der Waals surface area (Å²) in [6, 6.07) is 10.9. The SMILES string of the molecule is COc1cccc(C(=O)c2cc(Br)ccc2F)c1. The first-order valence-electron chi connectivity index (χ1n) is 5.25. The fourth-order valence-corrected chi connectivity index (χ4v) is 1.95. The van der Waals surface area contributed by atoms with Gasteiger partial charge in [0.05, 0.1) is 12.7 Å². The molecule has 18 heavy (non-hydrogen) atoms. The molecule has 0 N–H and O–H groups in total. The third kappa shape index (κ3) is 2.59. The summed E-state index contributed by atoms with van der Waals surface area (Å²) in [5, 5.41) is 0. The van der Waals surface area contributed by atoms with Crippen LogP contribution in [0.4, 0.5) is 4.39 Å². The number of ether oxygens (including phenoxy) is 1. The minimum atomic E-state index is -0.536. The van der Waals surface area contributed by atoms with Crippen LogP contribution in [-0.2, 0) is 0 Å². The highest BCUT2D eigenvalue weighted by Gasteiger charge is 2.14. The zero-order chi connectivity index (χ0) is 13.1. The lowest BCUT2D eigenvalue weighted by Crippen LogP contribution is -2.04. The van der Waals surface area contributed by atoms with E-state index in [4.69, 9.17) is 4.74 Å². The van der Waals surface area contributed by atoms with Crippen molar-refractivity contribution in [2.75, 3.05) is 7.11 Å². The molecule has 0 bridgehead atoms. The van der Waals surface area contributed by atoms with E-state index in [1.54, 1.807) is 30.3 Å². The zero-order valence-corrected chi connectivity index (χ0v) is 11.2. The molecule has 2 aromatic carbocycles. The maximum atomic E-state index is 13.6. The first-order valence-corrected chi connectivity index (χ1v) is 6.05. The first kappa shape index (κ1) is 12.8. The molecule has 0 aromatic heterocycles. The number of methoxy groups -OCH3 is 1. The van der Waals surface area contributed by atoms with Crippen LogP contribution in [0.2, 0.25) is 0 Å². The Morgan fingerprint density at radius 3 is 2.72 bits per heavy atom. The Morgan fingerprint density at radius 2 is 2.00 bits per heavy atom. The van der Waals surface area contributed by atoms with Crippen LogP contribution in [0, 0.1) is 5.82 Å². The van der Waals surface area contributed by atoms with Crippen LogP contribution in [-0.4, -0.2) is 12.9 Å². The molecule has 2 rings (SSSR count). The number of rotatable bonds is 3. The maximum Gasteiger partial charge on any atom is 0.196 e. The molecule has 2 nitrogen and oxygen atoms in total. The average Bonchev–Trinajstić information content (AvgIpc) is 2.41. The monoisotopic (exact) mass is 308 g/mol. The summed E-state index contributed by atoms with van der Waals surface area (Å²) in [6.07, 6.45) is 0. The standard InChI is InChI=1S/C14H10BrFO2/c1-18-11-4-2-3-9(7-11)14(17)12-8-10(15)5-6-13(12)16/h2-8H,1H3. The third-order valence-electron chi connectivity index (χ3n) is 2.50. The van der Waals surface area contributed by atoms with E-state index >= 15 is 0 Å². The van der Waals surface area contributed by atoms with Gasteiger partial charge in [0.2, 0.25) is 0 Å². The summed E-state index contributed by atoms with van der Waals surface area (Å²) in [7, 11) is 1.52. The fourth-order valence-electron chi connectivity index (χ4n) is 1.59. The van der Waals surface area contributed by atoms with Gasteiger partial charge in [-0.05, 0) is 30.3 Å². The molecule has 0 unspecified atom stereocenters. The van der Waals surface area contributed by atoms with Crippen LogP contribution in [0.5, 0.6) is 5.75 Å². The van der Waals surface area contributed by atoms with E-state index in [1.165, 1.54) is 19.2 Å². The van der Waals surface area contributed by atoms with Gasteiger partial charge in [0.25, 0.3) is 0 Å². The van der Waals surface area contributed by atoms with E-state index in [1.807, 2.05) is 0 Å². The van der Waals surface area contributed by atoms with Crippen molar-refractivity contribution in [1.82, 2.24) is 0 Å². The van der Waals surface area contributed by atoms with Crippen molar-refractivity contribution in [3.8, 4) is 5.75 Å². The largest absolute Gasteiger partial charge is 0.497 e. The first-order chi connectivity index (χ1) is 8.61. The number of hydrogen-bond donors (Lipinski definition) is 0. The van der Waals surface area contributed by atoms with Gasteiger partial charge in [0.15, 0.2) is 5.78 Å². The molecule has 0 radical (unpaired) electrons. The van der Waals surface area contributed by atoms with Gasteiger partial charge in [0.1, 0.15) is 11.6 Å². The van der Waals surface area contributed by atoms with Crippen molar-refractivity contribution in [3.05, 3.63) is 63.9 Å². The van der Waals surface area contributed by atoms with E-state index < -0.39 is 5.82 Å². The van der Waals surface area contributed by atoms with Gasteiger partial charge >= 0.3 is 0 Å². The number of halogens is 2. The molecular formula is C14H10BrFO2. The second kappa shape index (κ2) is 5.31. The van der Waals surface area contributed by atoms with Crippen molar-refractivity contribution in [1.29, 1.82) is 0 Å². The van der Waals surface area contributed by atoms with E-state index in [0.717, 1.165) is 0 Å². The van der Waals surface area contributed by atoms with Crippen LogP contribution in [0.1, 0.15) is 15.9 Å². The second-order valence-electron chi connectivity index (χ2n) is 3.69. The molecule has 0 aliphatic heterocycles. The molecule has 0 fully saturated rings. The lowest BCUT2D eigenvalue weighted by molar-refractivity contribution is 0.103. The third-order valence-corrected chi connectivity index (χ3v) is 3.00. The number of hydrogen-bond acceptors (Lipinski definition) is 2. The predicted octanol–water partition coefficient (Wildman–Crippen LogP) is 3.83. The zero-order valence-electron chi connectivity index (χ0n) is 9.61. The van der Waals surface area contributed by atoms with E-state index in [2.05, 4.69) is 15.9 Å². The van der Waals surface area contributed by atoms with Gasteiger partial charge in [-0.2, -0.15) is 0 Å². The summed E-state index contributed by atoms with van der Waals surface area (Å²) in [5.41, 5.74) is 0.434. The van der Waals surface area contributed by atoms with E-state index in [9.17, 15) is 9.18 Å². The Balaban J connectivity index is 2.44. The Hall–Kier alpha value is -1.68. The quantitative estimate of drug-likeness (QED) is 0.806. The van der Waals surface area contributed by atoms with Crippen molar-refractivity contribution < 1.29 is 13.9 Å². The summed E-state index contributed by atoms with van der Waals surface area (Å²) >= 11 is 3.22. The predicted molar refractivity (Wildman–Crippen MR) is 70.5 cm³/mol. The minimum absolute atomic E-state index is 0.0395. The Kier molecular flexibility index (Phi) is 3.77. The number of carbonyl (C=O) groups is 1. The molecule has 0 aliphatic carbocycles. The summed E-state index contributed by atoms with van der Waals surface area (Å²) in [4.78, 5) is 12.2. The molecule has 0 heterocycles.